The highest BCUT2D eigenvalue weighted by Gasteiger charge is 2.20. The monoisotopic (exact) mass is 469 g/mol. The Morgan fingerprint density at radius 2 is 1.81 bits per heavy atom. The third kappa shape index (κ3) is 5.98. The van der Waals surface area contributed by atoms with Gasteiger partial charge in [-0.25, -0.2) is 0 Å². The van der Waals surface area contributed by atoms with E-state index in [2.05, 4.69) is 15.6 Å². The summed E-state index contributed by atoms with van der Waals surface area (Å²) in [5.41, 5.74) is 0. The molecular weight excluding hydrogens is 445 g/mol. The molecule has 3 rings (SSSR count). The summed E-state index contributed by atoms with van der Waals surface area (Å²) in [4.78, 5) is 4.20. The first-order valence-electron chi connectivity index (χ1n) is 8.36. The van der Waals surface area contributed by atoms with Gasteiger partial charge in [0.05, 0.1) is 13.1 Å². The lowest BCUT2D eigenvalue weighted by Gasteiger charge is -2.27. The molecule has 1 heterocycles. The molecule has 7 heteroatoms. The topological polar surface area (TPSA) is 64.1 Å². The number of halogens is 1. The number of hydrogen-bond donors (Lipinski definition) is 2. The molecule has 1 unspecified atom stereocenters. The molecule has 2 aromatic rings. The number of ether oxygens (including phenoxy) is 3. The Bertz CT molecular complexity index is 697. The number of fused-ring (bicyclic) bond motifs is 1. The van der Waals surface area contributed by atoms with Gasteiger partial charge in [-0.15, -0.1) is 24.0 Å². The van der Waals surface area contributed by atoms with Crippen LogP contribution in [0.25, 0.3) is 0 Å². The quantitative estimate of drug-likeness (QED) is 0.295. The molecule has 0 aromatic heterocycles. The van der Waals surface area contributed by atoms with Crippen LogP contribution in [0.2, 0.25) is 0 Å². The largest absolute Gasteiger partial charge is 0.492 e. The Balaban J connectivity index is 0.00000243. The number of nitrogens with one attached hydrogen (secondary N) is 2. The molecule has 0 spiro atoms. The minimum Gasteiger partial charge on any atom is -0.492 e. The molecule has 0 radical (unpaired) electrons. The lowest BCUT2D eigenvalue weighted by molar-refractivity contribution is 0.0936. The maximum atomic E-state index is 5.92. The van der Waals surface area contributed by atoms with Crippen molar-refractivity contribution in [2.24, 2.45) is 4.99 Å². The predicted octanol–water partition coefficient (Wildman–Crippen LogP) is 2.69. The number of aliphatic imine (C=N–C) groups is 1. The average molecular weight is 469 g/mol. The van der Waals surface area contributed by atoms with Crippen LogP contribution in [0, 0.1) is 0 Å². The maximum Gasteiger partial charge on any atom is 0.191 e. The lowest BCUT2D eigenvalue weighted by atomic mass is 10.2. The summed E-state index contributed by atoms with van der Waals surface area (Å²) >= 11 is 0. The lowest BCUT2D eigenvalue weighted by Crippen LogP contribution is -2.46. The number of hydrogen-bond acceptors (Lipinski definition) is 4. The minimum absolute atomic E-state index is 0. The molecule has 0 amide bonds. The van der Waals surface area contributed by atoms with Crippen LogP contribution in [-0.4, -0.2) is 45.4 Å². The van der Waals surface area contributed by atoms with Crippen molar-refractivity contribution in [3.8, 4) is 17.2 Å². The second kappa shape index (κ2) is 10.7. The van der Waals surface area contributed by atoms with Crippen molar-refractivity contribution >= 4 is 29.9 Å². The van der Waals surface area contributed by atoms with Gasteiger partial charge in [0, 0.05) is 7.05 Å². The SMILES string of the molecule is CN=C(NCCOc1ccccc1)NCC1COc2ccccc2O1.I. The van der Waals surface area contributed by atoms with Crippen LogP contribution < -0.4 is 24.8 Å². The van der Waals surface area contributed by atoms with E-state index in [0.29, 0.717) is 32.3 Å². The van der Waals surface area contributed by atoms with Gasteiger partial charge < -0.3 is 24.8 Å². The third-order valence-corrected chi connectivity index (χ3v) is 3.69. The van der Waals surface area contributed by atoms with Crippen molar-refractivity contribution in [2.75, 3.05) is 33.4 Å². The molecule has 26 heavy (non-hydrogen) atoms. The Hall–Kier alpha value is -2.16. The first kappa shape index (κ1) is 20.2. The van der Waals surface area contributed by atoms with E-state index in [9.17, 15) is 0 Å². The zero-order chi connectivity index (χ0) is 17.3. The van der Waals surface area contributed by atoms with Crippen LogP contribution in [0.4, 0.5) is 0 Å². The van der Waals surface area contributed by atoms with Gasteiger partial charge in [-0.3, -0.25) is 4.99 Å². The molecule has 0 saturated carbocycles. The van der Waals surface area contributed by atoms with E-state index in [1.807, 2.05) is 54.6 Å². The fourth-order valence-electron chi connectivity index (χ4n) is 2.45. The molecule has 0 bridgehead atoms. The second-order valence-electron chi connectivity index (χ2n) is 5.54. The highest BCUT2D eigenvalue weighted by Crippen LogP contribution is 2.30. The Kier molecular flexibility index (Phi) is 8.33. The van der Waals surface area contributed by atoms with Crippen LogP contribution in [0.15, 0.2) is 59.6 Å². The molecule has 0 saturated heterocycles. The van der Waals surface area contributed by atoms with Gasteiger partial charge in [0.1, 0.15) is 25.1 Å². The van der Waals surface area contributed by atoms with E-state index in [0.717, 1.165) is 17.2 Å². The van der Waals surface area contributed by atoms with E-state index in [1.54, 1.807) is 7.05 Å². The summed E-state index contributed by atoms with van der Waals surface area (Å²) < 4.78 is 17.3. The van der Waals surface area contributed by atoms with E-state index in [4.69, 9.17) is 14.2 Å². The second-order valence-corrected chi connectivity index (χ2v) is 5.54. The normalized spacial score (nSPS) is 15.6. The van der Waals surface area contributed by atoms with E-state index >= 15 is 0 Å². The first-order chi connectivity index (χ1) is 12.3. The zero-order valence-corrected chi connectivity index (χ0v) is 17.0. The van der Waals surface area contributed by atoms with Gasteiger partial charge in [-0.05, 0) is 24.3 Å². The van der Waals surface area contributed by atoms with Crippen molar-refractivity contribution in [2.45, 2.75) is 6.10 Å². The van der Waals surface area contributed by atoms with Crippen LogP contribution in [0.1, 0.15) is 0 Å². The van der Waals surface area contributed by atoms with Gasteiger partial charge in [0.25, 0.3) is 0 Å². The number of para-hydroxylation sites is 3. The fourth-order valence-corrected chi connectivity index (χ4v) is 2.45. The van der Waals surface area contributed by atoms with Crippen molar-refractivity contribution in [1.82, 2.24) is 10.6 Å². The third-order valence-electron chi connectivity index (χ3n) is 3.69. The summed E-state index contributed by atoms with van der Waals surface area (Å²) in [6, 6.07) is 17.4. The first-order valence-corrected chi connectivity index (χ1v) is 8.36. The average Bonchev–Trinajstić information content (AvgIpc) is 2.68. The van der Waals surface area contributed by atoms with Crippen molar-refractivity contribution in [3.05, 3.63) is 54.6 Å². The smallest absolute Gasteiger partial charge is 0.191 e. The van der Waals surface area contributed by atoms with Gasteiger partial charge in [0.2, 0.25) is 0 Å². The van der Waals surface area contributed by atoms with Crippen LogP contribution >= 0.6 is 24.0 Å². The van der Waals surface area contributed by atoms with Gasteiger partial charge in [-0.2, -0.15) is 0 Å². The fraction of sp³-hybridized carbons (Fsp3) is 0.316. The summed E-state index contributed by atoms with van der Waals surface area (Å²) in [6.07, 6.45) is -0.0611. The molecule has 1 aliphatic rings. The molecular formula is C19H24IN3O3. The van der Waals surface area contributed by atoms with Crippen molar-refractivity contribution in [3.63, 3.8) is 0 Å². The molecule has 6 nitrogen and oxygen atoms in total. The van der Waals surface area contributed by atoms with Gasteiger partial charge in [-0.1, -0.05) is 30.3 Å². The van der Waals surface area contributed by atoms with Crippen LogP contribution in [0.3, 0.4) is 0 Å². The Labute approximate surface area is 171 Å². The highest BCUT2D eigenvalue weighted by molar-refractivity contribution is 14.0. The molecule has 0 fully saturated rings. The highest BCUT2D eigenvalue weighted by atomic mass is 127. The van der Waals surface area contributed by atoms with Gasteiger partial charge >= 0.3 is 0 Å². The van der Waals surface area contributed by atoms with E-state index in [-0.39, 0.29) is 30.1 Å². The van der Waals surface area contributed by atoms with E-state index in [1.165, 1.54) is 0 Å². The summed E-state index contributed by atoms with van der Waals surface area (Å²) in [6.45, 7) is 2.33. The molecule has 0 aliphatic carbocycles. The molecule has 1 atom stereocenters. The zero-order valence-electron chi connectivity index (χ0n) is 14.7. The maximum absolute atomic E-state index is 5.92. The van der Waals surface area contributed by atoms with Gasteiger partial charge in [0.15, 0.2) is 17.5 Å². The molecule has 2 aromatic carbocycles. The Morgan fingerprint density at radius 3 is 2.58 bits per heavy atom. The summed E-state index contributed by atoms with van der Waals surface area (Å²) in [5, 5.41) is 6.46. The number of benzene rings is 2. The van der Waals surface area contributed by atoms with E-state index < -0.39 is 0 Å². The molecule has 140 valence electrons. The van der Waals surface area contributed by atoms with Crippen LogP contribution in [0.5, 0.6) is 17.2 Å². The summed E-state index contributed by atoms with van der Waals surface area (Å²) in [7, 11) is 1.74. The predicted molar refractivity (Wildman–Crippen MR) is 113 cm³/mol. The summed E-state index contributed by atoms with van der Waals surface area (Å²) in [5.74, 6) is 3.14. The Morgan fingerprint density at radius 1 is 1.08 bits per heavy atom. The number of rotatable bonds is 6. The minimum atomic E-state index is -0.0611. The number of nitrogens with zero attached hydrogens (tertiary/aromatic N) is 1. The van der Waals surface area contributed by atoms with Crippen LogP contribution in [-0.2, 0) is 0 Å². The molecule has 2 N–H and O–H groups in total. The van der Waals surface area contributed by atoms with Crippen molar-refractivity contribution < 1.29 is 14.2 Å². The molecule has 1 aliphatic heterocycles. The standard InChI is InChI=1S/C19H23N3O3.HI/c1-20-19(21-11-12-23-15-7-3-2-4-8-15)22-13-16-14-24-17-9-5-6-10-18(17)25-16;/h2-10,16H,11-14H2,1H3,(H2,20,21,22);1H. The number of guanidine groups is 1. The van der Waals surface area contributed by atoms with Crippen molar-refractivity contribution in [1.29, 1.82) is 0 Å².